The van der Waals surface area contributed by atoms with Gasteiger partial charge in [-0.2, -0.15) is 0 Å². The van der Waals surface area contributed by atoms with Crippen molar-refractivity contribution in [2.75, 3.05) is 20.3 Å². The van der Waals surface area contributed by atoms with Gasteiger partial charge in [0.25, 0.3) is 5.91 Å². The molecule has 2 heterocycles. The van der Waals surface area contributed by atoms with Crippen LogP contribution in [0, 0.1) is 11.8 Å². The minimum atomic E-state index is -1.17. The Morgan fingerprint density at radius 2 is 1.73 bits per heavy atom. The van der Waals surface area contributed by atoms with E-state index in [1.807, 2.05) is 13.8 Å². The minimum absolute atomic E-state index is 0.00458. The highest BCUT2D eigenvalue weighted by Gasteiger charge is 2.34. The fourth-order valence-corrected chi connectivity index (χ4v) is 5.62. The third-order valence-electron chi connectivity index (χ3n) is 7.32. The van der Waals surface area contributed by atoms with Gasteiger partial charge in [-0.3, -0.25) is 19.2 Å². The third-order valence-corrected chi connectivity index (χ3v) is 7.95. The van der Waals surface area contributed by atoms with Crippen molar-refractivity contribution in [2.45, 2.75) is 45.2 Å². The zero-order valence-electron chi connectivity index (χ0n) is 24.5. The lowest BCUT2D eigenvalue weighted by atomic mass is 9.95. The predicted molar refractivity (Wildman–Crippen MR) is 165 cm³/mol. The summed E-state index contributed by atoms with van der Waals surface area (Å²) in [6, 6.07) is 9.31. The van der Waals surface area contributed by atoms with Gasteiger partial charge in [-0.25, -0.2) is 4.79 Å². The summed E-state index contributed by atoms with van der Waals surface area (Å²) < 4.78 is 10.6. The molecule has 0 bridgehead atoms. The van der Waals surface area contributed by atoms with E-state index in [1.165, 1.54) is 19.2 Å². The number of ether oxygens (including phenoxy) is 2. The van der Waals surface area contributed by atoms with Crippen LogP contribution in [-0.4, -0.2) is 66.8 Å². The number of carbonyl (C=O) groups excluding carboxylic acids is 5. The van der Waals surface area contributed by atoms with E-state index in [9.17, 15) is 24.0 Å². The highest BCUT2D eigenvalue weighted by Crippen LogP contribution is 2.27. The molecule has 1 aromatic heterocycles. The molecule has 4 N–H and O–H groups in total. The van der Waals surface area contributed by atoms with Crippen LogP contribution < -0.4 is 20.7 Å². The van der Waals surface area contributed by atoms with Crippen LogP contribution in [0.2, 0.25) is 10.0 Å². The number of methoxy groups -OCH3 is 1. The van der Waals surface area contributed by atoms with Gasteiger partial charge in [0.2, 0.25) is 11.8 Å². The second-order valence-electron chi connectivity index (χ2n) is 11.0. The average Bonchev–Trinajstić information content (AvgIpc) is 3.60. The van der Waals surface area contributed by atoms with Gasteiger partial charge >= 0.3 is 5.97 Å². The Bertz CT molecular complexity index is 1550. The van der Waals surface area contributed by atoms with Crippen molar-refractivity contribution in [3.63, 3.8) is 0 Å². The maximum atomic E-state index is 13.6. The Morgan fingerprint density at radius 3 is 2.36 bits per heavy atom. The molecule has 3 amide bonds. The molecule has 1 aliphatic heterocycles. The van der Waals surface area contributed by atoms with Crippen LogP contribution in [0.5, 0.6) is 5.75 Å². The number of aromatic amines is 1. The number of nitrogens with one attached hydrogen (secondary N) is 4. The summed E-state index contributed by atoms with van der Waals surface area (Å²) in [5.41, 5.74) is 0.827. The molecule has 4 rings (SSSR count). The van der Waals surface area contributed by atoms with Crippen molar-refractivity contribution in [1.29, 1.82) is 0 Å². The molecule has 0 aliphatic carbocycles. The largest absolute Gasteiger partial charge is 0.496 e. The van der Waals surface area contributed by atoms with Gasteiger partial charge in [0, 0.05) is 23.4 Å². The zero-order chi connectivity index (χ0) is 32.0. The standard InChI is InChI=1S/C31H34Cl2N4O7/c1-16(2)12-23(37-30(41)24-14-18-21(35-24)8-5-9-26(18)43-3)29(40)36-22(13-17-10-11-34-28(17)39)25(38)15-44-31(42)27-19(32)6-4-7-20(27)33/h4-9,14,16-17,22-23,35H,10-13,15H2,1-3H3,(H,34,39)(H,36,40)(H,37,41)/t17-,22-,23-/m0/s1. The second-order valence-corrected chi connectivity index (χ2v) is 11.8. The summed E-state index contributed by atoms with van der Waals surface area (Å²) in [5, 5.41) is 9.01. The number of Topliss-reactive ketones (excluding diaryl/α,β-unsaturated/α-hetero) is 1. The first-order valence-electron chi connectivity index (χ1n) is 14.2. The molecule has 1 saturated heterocycles. The number of rotatable bonds is 13. The summed E-state index contributed by atoms with van der Waals surface area (Å²) in [6.45, 7) is 3.54. The number of esters is 1. The van der Waals surface area contributed by atoms with Crippen LogP contribution >= 0.6 is 23.2 Å². The van der Waals surface area contributed by atoms with Gasteiger partial charge in [0.05, 0.1) is 28.8 Å². The number of aromatic nitrogens is 1. The maximum absolute atomic E-state index is 13.6. The van der Waals surface area contributed by atoms with E-state index in [0.717, 1.165) is 0 Å². The monoisotopic (exact) mass is 644 g/mol. The molecule has 0 saturated carbocycles. The van der Waals surface area contributed by atoms with Gasteiger partial charge in [-0.05, 0) is 55.5 Å². The first-order valence-corrected chi connectivity index (χ1v) is 14.9. The van der Waals surface area contributed by atoms with Gasteiger partial charge in [-0.1, -0.05) is 49.2 Å². The van der Waals surface area contributed by atoms with E-state index >= 15 is 0 Å². The number of benzene rings is 2. The molecule has 3 atom stereocenters. The Morgan fingerprint density at radius 1 is 1.02 bits per heavy atom. The quantitative estimate of drug-likeness (QED) is 0.204. The summed E-state index contributed by atoms with van der Waals surface area (Å²) in [5.74, 6) is -2.85. The fraction of sp³-hybridized carbons (Fsp3) is 0.387. The van der Waals surface area contributed by atoms with E-state index in [0.29, 0.717) is 29.6 Å². The number of H-pyrrole nitrogens is 1. The number of amides is 3. The number of hydrogen-bond donors (Lipinski definition) is 4. The molecule has 1 aliphatic rings. The molecule has 2 aromatic carbocycles. The van der Waals surface area contributed by atoms with Crippen LogP contribution in [0.4, 0.5) is 0 Å². The highest BCUT2D eigenvalue weighted by molar-refractivity contribution is 6.39. The Hall–Kier alpha value is -4.09. The molecular weight excluding hydrogens is 611 g/mol. The summed E-state index contributed by atoms with van der Waals surface area (Å²) in [4.78, 5) is 68.2. The molecule has 234 valence electrons. The van der Waals surface area contributed by atoms with E-state index in [1.54, 1.807) is 30.3 Å². The average molecular weight is 646 g/mol. The Labute approximate surface area is 264 Å². The lowest BCUT2D eigenvalue weighted by molar-refractivity contribution is -0.131. The SMILES string of the molecule is COc1cccc2[nH]c(C(=O)N[C@@H](CC(C)C)C(=O)N[C@@H](C[C@@H]3CCNC3=O)C(=O)COC(=O)c3c(Cl)cccc3Cl)cc12. The highest BCUT2D eigenvalue weighted by atomic mass is 35.5. The molecule has 0 spiro atoms. The Kier molecular flexibility index (Phi) is 10.9. The van der Waals surface area contributed by atoms with Gasteiger partial charge in [0.1, 0.15) is 17.5 Å². The predicted octanol–water partition coefficient (Wildman–Crippen LogP) is 4.06. The van der Waals surface area contributed by atoms with Crippen molar-refractivity contribution in [1.82, 2.24) is 20.9 Å². The van der Waals surface area contributed by atoms with Gasteiger partial charge < -0.3 is 30.4 Å². The number of carbonyl (C=O) groups is 5. The molecule has 1 fully saturated rings. The van der Waals surface area contributed by atoms with Crippen molar-refractivity contribution < 1.29 is 33.4 Å². The second kappa shape index (κ2) is 14.6. The molecule has 0 unspecified atom stereocenters. The molecule has 13 heteroatoms. The van der Waals surface area contributed by atoms with E-state index in [2.05, 4.69) is 20.9 Å². The lowest BCUT2D eigenvalue weighted by Crippen LogP contribution is -2.53. The van der Waals surface area contributed by atoms with Crippen molar-refractivity contribution in [3.8, 4) is 5.75 Å². The summed E-state index contributed by atoms with van der Waals surface area (Å²) >= 11 is 12.2. The minimum Gasteiger partial charge on any atom is -0.496 e. The summed E-state index contributed by atoms with van der Waals surface area (Å²) in [6.07, 6.45) is 0.737. The van der Waals surface area contributed by atoms with Crippen LogP contribution in [0.15, 0.2) is 42.5 Å². The summed E-state index contributed by atoms with van der Waals surface area (Å²) in [7, 11) is 1.53. The number of halogens is 2. The zero-order valence-corrected chi connectivity index (χ0v) is 26.0. The molecule has 3 aromatic rings. The van der Waals surface area contributed by atoms with E-state index in [4.69, 9.17) is 32.7 Å². The molecule has 44 heavy (non-hydrogen) atoms. The van der Waals surface area contributed by atoms with E-state index in [-0.39, 0.29) is 46.0 Å². The molecule has 11 nitrogen and oxygen atoms in total. The van der Waals surface area contributed by atoms with Crippen LogP contribution in [0.25, 0.3) is 10.9 Å². The Balaban J connectivity index is 1.50. The molecule has 0 radical (unpaired) electrons. The first-order chi connectivity index (χ1) is 21.0. The van der Waals surface area contributed by atoms with Gasteiger partial charge in [0.15, 0.2) is 12.4 Å². The van der Waals surface area contributed by atoms with Crippen molar-refractivity contribution in [2.24, 2.45) is 11.8 Å². The van der Waals surface area contributed by atoms with Gasteiger partial charge in [-0.15, -0.1) is 0 Å². The fourth-order valence-electron chi connectivity index (χ4n) is 5.07. The van der Waals surface area contributed by atoms with Crippen molar-refractivity contribution >= 4 is 63.6 Å². The maximum Gasteiger partial charge on any atom is 0.341 e. The van der Waals surface area contributed by atoms with Crippen molar-refractivity contribution in [3.05, 3.63) is 63.8 Å². The number of hydrogen-bond acceptors (Lipinski definition) is 7. The first kappa shape index (κ1) is 32.8. The lowest BCUT2D eigenvalue weighted by Gasteiger charge is -2.25. The van der Waals surface area contributed by atoms with E-state index < -0.39 is 48.2 Å². The third kappa shape index (κ3) is 7.89. The topological polar surface area (TPSA) is 156 Å². The van der Waals surface area contributed by atoms with Crippen LogP contribution in [0.3, 0.4) is 0 Å². The van der Waals surface area contributed by atoms with Crippen LogP contribution in [-0.2, 0) is 19.1 Å². The number of fused-ring (bicyclic) bond motifs is 1. The molecular formula is C31H34Cl2N4O7. The smallest absolute Gasteiger partial charge is 0.341 e. The number of ketones is 1. The normalized spacial score (nSPS) is 15.9. The van der Waals surface area contributed by atoms with Crippen LogP contribution in [0.1, 0.15) is 54.0 Å².